The number of aryl methyl sites for hydroxylation is 1. The molecule has 29 heavy (non-hydrogen) atoms. The molecule has 1 N–H and O–H groups in total. The van der Waals surface area contributed by atoms with Crippen LogP contribution in [0.2, 0.25) is 0 Å². The zero-order valence-electron chi connectivity index (χ0n) is 16.5. The summed E-state index contributed by atoms with van der Waals surface area (Å²) in [5, 5.41) is 5.72. The third-order valence-corrected chi connectivity index (χ3v) is 6.27. The molecule has 0 aliphatic carbocycles. The minimum absolute atomic E-state index is 0.398. The van der Waals surface area contributed by atoms with Crippen molar-refractivity contribution in [2.45, 2.75) is 32.4 Å². The molecule has 3 aromatic rings. The van der Waals surface area contributed by atoms with Gasteiger partial charge in [-0.3, -0.25) is 4.90 Å². The number of fused-ring (bicyclic) bond motifs is 1. The molecule has 0 spiro atoms. The minimum Gasteiger partial charge on any atom is -0.486 e. The van der Waals surface area contributed by atoms with Crippen molar-refractivity contribution in [3.63, 3.8) is 0 Å². The number of anilines is 1. The molecule has 6 nitrogen and oxygen atoms in total. The van der Waals surface area contributed by atoms with Gasteiger partial charge in [0.15, 0.2) is 11.5 Å². The SMILES string of the molecule is Cc1oc(-c2cccs2)nc1CN1CCC[C@@H](Nc2ccc3c(c2)OCCO3)C1. The Kier molecular flexibility index (Phi) is 5.16. The second kappa shape index (κ2) is 8.08. The predicted octanol–water partition coefficient (Wildman–Crippen LogP) is 4.56. The van der Waals surface area contributed by atoms with Crippen molar-refractivity contribution >= 4 is 17.0 Å². The Labute approximate surface area is 174 Å². The molecule has 152 valence electrons. The molecule has 1 aromatic carbocycles. The van der Waals surface area contributed by atoms with E-state index >= 15 is 0 Å². The van der Waals surface area contributed by atoms with Crippen molar-refractivity contribution in [2.24, 2.45) is 0 Å². The summed E-state index contributed by atoms with van der Waals surface area (Å²) in [4.78, 5) is 8.30. The molecule has 0 radical (unpaired) electrons. The molecule has 7 heteroatoms. The summed E-state index contributed by atoms with van der Waals surface area (Å²) in [7, 11) is 0. The highest BCUT2D eigenvalue weighted by atomic mass is 32.1. The van der Waals surface area contributed by atoms with Crippen molar-refractivity contribution in [3.05, 3.63) is 47.2 Å². The van der Waals surface area contributed by atoms with E-state index in [0.29, 0.717) is 19.3 Å². The molecule has 0 saturated carbocycles. The molecule has 1 atom stereocenters. The van der Waals surface area contributed by atoms with E-state index in [0.717, 1.165) is 71.9 Å². The van der Waals surface area contributed by atoms with Gasteiger partial charge in [0.1, 0.15) is 19.0 Å². The summed E-state index contributed by atoms with van der Waals surface area (Å²) in [6.45, 7) is 6.12. The topological polar surface area (TPSA) is 59.8 Å². The maximum atomic E-state index is 5.91. The van der Waals surface area contributed by atoms with Gasteiger partial charge in [-0.2, -0.15) is 0 Å². The lowest BCUT2D eigenvalue weighted by atomic mass is 10.0. The van der Waals surface area contributed by atoms with Gasteiger partial charge >= 0.3 is 0 Å². The fourth-order valence-corrected chi connectivity index (χ4v) is 4.63. The molecule has 5 rings (SSSR count). The zero-order valence-corrected chi connectivity index (χ0v) is 17.3. The summed E-state index contributed by atoms with van der Waals surface area (Å²) in [5.74, 6) is 3.30. The lowest BCUT2D eigenvalue weighted by Crippen LogP contribution is -2.41. The van der Waals surface area contributed by atoms with E-state index in [2.05, 4.69) is 16.3 Å². The quantitative estimate of drug-likeness (QED) is 0.664. The molecular formula is C22H25N3O3S. The van der Waals surface area contributed by atoms with Crippen molar-refractivity contribution in [3.8, 4) is 22.3 Å². The van der Waals surface area contributed by atoms with E-state index < -0.39 is 0 Å². The van der Waals surface area contributed by atoms with Gasteiger partial charge in [-0.15, -0.1) is 11.3 Å². The van der Waals surface area contributed by atoms with Crippen LogP contribution in [0.5, 0.6) is 11.5 Å². The van der Waals surface area contributed by atoms with Gasteiger partial charge in [0, 0.05) is 30.9 Å². The average Bonchev–Trinajstić information content (AvgIpc) is 3.39. The maximum Gasteiger partial charge on any atom is 0.236 e. The van der Waals surface area contributed by atoms with Gasteiger partial charge in [0.25, 0.3) is 0 Å². The van der Waals surface area contributed by atoms with Crippen molar-refractivity contribution in [1.82, 2.24) is 9.88 Å². The summed E-state index contributed by atoms with van der Waals surface area (Å²) in [6.07, 6.45) is 2.32. The third kappa shape index (κ3) is 4.11. The number of ether oxygens (including phenoxy) is 2. The maximum absolute atomic E-state index is 5.91. The normalized spacial score (nSPS) is 19.3. The van der Waals surface area contributed by atoms with Gasteiger partial charge in [-0.05, 0) is 49.9 Å². The Hall–Kier alpha value is -2.51. The van der Waals surface area contributed by atoms with Crippen LogP contribution >= 0.6 is 11.3 Å². The van der Waals surface area contributed by atoms with Crippen LogP contribution in [0.3, 0.4) is 0 Å². The summed E-state index contributed by atoms with van der Waals surface area (Å²) in [5.41, 5.74) is 2.12. The first kappa shape index (κ1) is 18.5. The van der Waals surface area contributed by atoms with Crippen molar-refractivity contribution < 1.29 is 13.9 Å². The number of hydrogen-bond donors (Lipinski definition) is 1. The molecule has 2 aliphatic rings. The molecule has 1 saturated heterocycles. The molecule has 1 fully saturated rings. The van der Waals surface area contributed by atoms with Crippen LogP contribution in [0.4, 0.5) is 5.69 Å². The highest BCUT2D eigenvalue weighted by Gasteiger charge is 2.23. The van der Waals surface area contributed by atoms with E-state index in [1.807, 2.05) is 36.6 Å². The second-order valence-corrected chi connectivity index (χ2v) is 8.52. The number of nitrogens with zero attached hydrogens (tertiary/aromatic N) is 2. The van der Waals surface area contributed by atoms with Crippen LogP contribution in [0.25, 0.3) is 10.8 Å². The first-order chi connectivity index (χ1) is 14.2. The summed E-state index contributed by atoms with van der Waals surface area (Å²) < 4.78 is 17.2. The van der Waals surface area contributed by atoms with E-state index in [1.54, 1.807) is 11.3 Å². The second-order valence-electron chi connectivity index (χ2n) is 7.58. The van der Waals surface area contributed by atoms with Crippen LogP contribution in [0, 0.1) is 6.92 Å². The number of nitrogens with one attached hydrogen (secondary N) is 1. The molecule has 2 aromatic heterocycles. The molecule has 0 unspecified atom stereocenters. The smallest absolute Gasteiger partial charge is 0.236 e. The number of rotatable bonds is 5. The minimum atomic E-state index is 0.398. The highest BCUT2D eigenvalue weighted by Crippen LogP contribution is 2.33. The van der Waals surface area contributed by atoms with Crippen LogP contribution in [0.1, 0.15) is 24.3 Å². The summed E-state index contributed by atoms with van der Waals surface area (Å²) in [6, 6.07) is 10.6. The number of hydrogen-bond acceptors (Lipinski definition) is 7. The number of benzene rings is 1. The number of aromatic nitrogens is 1. The van der Waals surface area contributed by atoms with E-state index in [-0.39, 0.29) is 0 Å². The molecule has 2 aliphatic heterocycles. The Morgan fingerprint density at radius 2 is 2.10 bits per heavy atom. The number of oxazole rings is 1. The number of thiophene rings is 1. The van der Waals surface area contributed by atoms with E-state index in [9.17, 15) is 0 Å². The van der Waals surface area contributed by atoms with Crippen molar-refractivity contribution in [2.75, 3.05) is 31.6 Å². The Morgan fingerprint density at radius 1 is 1.21 bits per heavy atom. The average molecular weight is 412 g/mol. The van der Waals surface area contributed by atoms with Crippen LogP contribution in [-0.4, -0.2) is 42.2 Å². The van der Waals surface area contributed by atoms with Crippen LogP contribution < -0.4 is 14.8 Å². The van der Waals surface area contributed by atoms with Crippen LogP contribution in [0.15, 0.2) is 40.1 Å². The van der Waals surface area contributed by atoms with E-state index in [1.165, 1.54) is 0 Å². The highest BCUT2D eigenvalue weighted by molar-refractivity contribution is 7.13. The molecule has 0 bridgehead atoms. The Bertz CT molecular complexity index is 970. The van der Waals surface area contributed by atoms with Gasteiger partial charge < -0.3 is 19.2 Å². The Balaban J connectivity index is 1.23. The van der Waals surface area contributed by atoms with Gasteiger partial charge in [-0.25, -0.2) is 4.98 Å². The van der Waals surface area contributed by atoms with Gasteiger partial charge in [-0.1, -0.05) is 6.07 Å². The van der Waals surface area contributed by atoms with Gasteiger partial charge in [0.05, 0.1) is 10.6 Å². The largest absolute Gasteiger partial charge is 0.486 e. The number of likely N-dealkylation sites (tertiary alicyclic amines) is 1. The first-order valence-corrected chi connectivity index (χ1v) is 11.0. The molecule has 0 amide bonds. The predicted molar refractivity (Wildman–Crippen MR) is 114 cm³/mol. The van der Waals surface area contributed by atoms with Gasteiger partial charge in [0.2, 0.25) is 5.89 Å². The van der Waals surface area contributed by atoms with Crippen LogP contribution in [-0.2, 0) is 6.54 Å². The Morgan fingerprint density at radius 3 is 2.97 bits per heavy atom. The fraction of sp³-hybridized carbons (Fsp3) is 0.409. The molecule has 4 heterocycles. The number of piperidine rings is 1. The van der Waals surface area contributed by atoms with E-state index in [4.69, 9.17) is 18.9 Å². The van der Waals surface area contributed by atoms with Crippen molar-refractivity contribution in [1.29, 1.82) is 0 Å². The lowest BCUT2D eigenvalue weighted by molar-refractivity contribution is 0.171. The third-order valence-electron chi connectivity index (χ3n) is 5.42. The lowest BCUT2D eigenvalue weighted by Gasteiger charge is -2.33. The first-order valence-electron chi connectivity index (χ1n) is 10.1. The molecular weight excluding hydrogens is 386 g/mol. The standard InChI is InChI=1S/C22H25N3O3S/c1-15-18(24-22(28-15)21-5-3-11-29-21)14-25-8-2-4-17(13-25)23-16-6-7-19-20(12-16)27-10-9-26-19/h3,5-7,11-12,17,23H,2,4,8-10,13-14H2,1H3/t17-/m1/s1. The monoisotopic (exact) mass is 411 g/mol. The zero-order chi connectivity index (χ0) is 19.6. The summed E-state index contributed by atoms with van der Waals surface area (Å²) >= 11 is 1.66. The fourth-order valence-electron chi connectivity index (χ4n) is 3.98.